The van der Waals surface area contributed by atoms with Crippen molar-refractivity contribution >= 4 is 21.8 Å². The number of pyridine rings is 1. The van der Waals surface area contributed by atoms with E-state index in [9.17, 15) is 0 Å². The zero-order valence-electron chi connectivity index (χ0n) is 29.2. The van der Waals surface area contributed by atoms with Gasteiger partial charge in [-0.3, -0.25) is 4.68 Å². The number of rotatable bonds is 9. The number of aryl methyl sites for hydroxylation is 2. The summed E-state index contributed by atoms with van der Waals surface area (Å²) in [7, 11) is 0. The van der Waals surface area contributed by atoms with Gasteiger partial charge in [-0.15, -0.1) is 35.7 Å². The molecule has 0 saturated heterocycles. The summed E-state index contributed by atoms with van der Waals surface area (Å²) in [6.45, 7) is 15.8. The van der Waals surface area contributed by atoms with E-state index >= 15 is 0 Å². The maximum atomic E-state index is 6.40. The van der Waals surface area contributed by atoms with Gasteiger partial charge in [0.15, 0.2) is 0 Å². The largest absolute Gasteiger partial charge is 2.00 e. The van der Waals surface area contributed by atoms with E-state index in [1.165, 1.54) is 27.8 Å². The first-order valence-corrected chi connectivity index (χ1v) is 16.9. The number of hydrogen-bond donors (Lipinski definition) is 0. The van der Waals surface area contributed by atoms with Crippen LogP contribution in [0.3, 0.4) is 0 Å². The first-order chi connectivity index (χ1) is 23.2. The number of aromatic nitrogens is 4. The van der Waals surface area contributed by atoms with Crippen LogP contribution in [0.15, 0.2) is 91.4 Å². The average Bonchev–Trinajstić information content (AvgIpc) is 3.66. The summed E-state index contributed by atoms with van der Waals surface area (Å²) < 4.78 is 10.4. The van der Waals surface area contributed by atoms with E-state index in [4.69, 9.17) is 14.8 Å². The van der Waals surface area contributed by atoms with E-state index in [0.29, 0.717) is 23.3 Å². The maximum Gasteiger partial charge on any atom is 2.00 e. The fourth-order valence-electron chi connectivity index (χ4n) is 7.01. The zero-order valence-corrected chi connectivity index (χ0v) is 31.5. The van der Waals surface area contributed by atoms with Crippen LogP contribution in [0.25, 0.3) is 44.4 Å². The Balaban J connectivity index is 0.00000417. The van der Waals surface area contributed by atoms with Crippen LogP contribution in [0, 0.1) is 44.7 Å². The van der Waals surface area contributed by atoms with Crippen LogP contribution in [0.4, 0.5) is 0 Å². The molecular formula is C43H42N4OPt. The second-order valence-electron chi connectivity index (χ2n) is 13.8. The molecule has 0 aliphatic rings. The molecule has 7 aromatic rings. The van der Waals surface area contributed by atoms with Crippen LogP contribution < -0.4 is 4.74 Å². The van der Waals surface area contributed by atoms with Gasteiger partial charge in [0.25, 0.3) is 0 Å². The monoisotopic (exact) mass is 825 g/mol. The summed E-state index contributed by atoms with van der Waals surface area (Å²) in [4.78, 5) is 4.69. The standard InChI is InChI=1S/C43H42N4O.Pt/c1-27(2)19-32-22-30(6)43(31(7)39(32)20-28(3)4)33-25-45-46(26-33)34-11-10-12-35(23-34)48-36-15-16-38-37-13-8-9-14-40(37)47(41(38)24-36)42-21-29(5)17-18-44-42;/h8-18,21-22,25-28H,19-20H2,1-7H3;/q-2;+2. The summed E-state index contributed by atoms with van der Waals surface area (Å²) in [5, 5.41) is 7.03. The van der Waals surface area contributed by atoms with Gasteiger partial charge in [-0.2, -0.15) is 17.2 Å². The third-order valence-corrected chi connectivity index (χ3v) is 9.02. The molecule has 3 heterocycles. The quantitative estimate of drug-likeness (QED) is 0.136. The van der Waals surface area contributed by atoms with Gasteiger partial charge in [-0.25, -0.2) is 4.98 Å². The van der Waals surface area contributed by atoms with Gasteiger partial charge >= 0.3 is 21.1 Å². The second kappa shape index (κ2) is 14.2. The molecule has 0 atom stereocenters. The topological polar surface area (TPSA) is 44.9 Å². The summed E-state index contributed by atoms with van der Waals surface area (Å²) in [6.07, 6.45) is 8.10. The minimum Gasteiger partial charge on any atom is -0.509 e. The third-order valence-electron chi connectivity index (χ3n) is 9.02. The molecule has 0 saturated carbocycles. The van der Waals surface area contributed by atoms with Gasteiger partial charge in [0, 0.05) is 35.0 Å². The minimum absolute atomic E-state index is 0. The van der Waals surface area contributed by atoms with Gasteiger partial charge in [-0.1, -0.05) is 57.5 Å². The van der Waals surface area contributed by atoms with Crippen molar-refractivity contribution in [2.75, 3.05) is 0 Å². The number of ether oxygens (including phenoxy) is 1. The van der Waals surface area contributed by atoms with E-state index in [0.717, 1.165) is 57.3 Å². The molecule has 6 heteroatoms. The fraction of sp³-hybridized carbons (Fsp3) is 0.256. The Hall–Kier alpha value is -4.47. The molecular weight excluding hydrogens is 784 g/mol. The van der Waals surface area contributed by atoms with Crippen molar-refractivity contribution in [2.24, 2.45) is 11.8 Å². The smallest absolute Gasteiger partial charge is 0.509 e. The molecule has 0 radical (unpaired) electrons. The van der Waals surface area contributed by atoms with E-state index in [-0.39, 0.29) is 21.1 Å². The van der Waals surface area contributed by atoms with Crippen LogP contribution in [0.1, 0.15) is 55.5 Å². The molecule has 4 aromatic carbocycles. The Morgan fingerprint density at radius 2 is 1.57 bits per heavy atom. The number of para-hydroxylation sites is 1. The van der Waals surface area contributed by atoms with E-state index in [1.54, 1.807) is 0 Å². The van der Waals surface area contributed by atoms with Crippen molar-refractivity contribution in [3.8, 4) is 34.1 Å². The zero-order chi connectivity index (χ0) is 33.5. The molecule has 0 spiro atoms. The molecule has 0 N–H and O–H groups in total. The van der Waals surface area contributed by atoms with E-state index < -0.39 is 0 Å². The molecule has 0 fully saturated rings. The number of benzene rings is 4. The molecule has 5 nitrogen and oxygen atoms in total. The van der Waals surface area contributed by atoms with E-state index in [2.05, 4.69) is 114 Å². The van der Waals surface area contributed by atoms with Gasteiger partial charge in [-0.05, 0) is 108 Å². The molecule has 49 heavy (non-hydrogen) atoms. The van der Waals surface area contributed by atoms with E-state index in [1.807, 2.05) is 47.4 Å². The molecule has 0 aliphatic heterocycles. The maximum absolute atomic E-state index is 6.40. The van der Waals surface area contributed by atoms with Gasteiger partial charge in [0.2, 0.25) is 0 Å². The van der Waals surface area contributed by atoms with Crippen molar-refractivity contribution in [1.29, 1.82) is 0 Å². The van der Waals surface area contributed by atoms with Crippen molar-refractivity contribution in [3.05, 3.63) is 131 Å². The van der Waals surface area contributed by atoms with Crippen LogP contribution in [-0.2, 0) is 33.9 Å². The van der Waals surface area contributed by atoms with Crippen molar-refractivity contribution < 1.29 is 25.8 Å². The first-order valence-electron chi connectivity index (χ1n) is 16.9. The predicted octanol–water partition coefficient (Wildman–Crippen LogP) is 10.7. The molecule has 250 valence electrons. The van der Waals surface area contributed by atoms with Crippen LogP contribution in [0.5, 0.6) is 11.5 Å². The van der Waals surface area contributed by atoms with Gasteiger partial charge < -0.3 is 9.30 Å². The minimum atomic E-state index is 0. The fourth-order valence-corrected chi connectivity index (χ4v) is 7.01. The third kappa shape index (κ3) is 6.87. The Kier molecular flexibility index (Phi) is 9.95. The summed E-state index contributed by atoms with van der Waals surface area (Å²) in [5.74, 6) is 3.27. The van der Waals surface area contributed by atoms with Crippen molar-refractivity contribution in [1.82, 2.24) is 19.3 Å². The van der Waals surface area contributed by atoms with Crippen LogP contribution in [0.2, 0.25) is 0 Å². The van der Waals surface area contributed by atoms with Gasteiger partial charge in [0.1, 0.15) is 5.82 Å². The van der Waals surface area contributed by atoms with Crippen LogP contribution in [-0.4, -0.2) is 19.3 Å². The number of nitrogens with zero attached hydrogens (tertiary/aromatic N) is 4. The average molecular weight is 826 g/mol. The Morgan fingerprint density at radius 3 is 2.35 bits per heavy atom. The van der Waals surface area contributed by atoms with Crippen LogP contribution >= 0.6 is 0 Å². The SMILES string of the molecule is Cc1ccnc(-n2c3[c-]c(Oc4[c-]c(-n5cc(-c6c(C)cc(CC(C)C)c(CC(C)C)c6C)cn5)ccc4)ccc3c3ccccc32)c1.[Pt+2]. The molecule has 0 unspecified atom stereocenters. The summed E-state index contributed by atoms with van der Waals surface area (Å²) in [5.41, 5.74) is 12.0. The molecule has 3 aromatic heterocycles. The van der Waals surface area contributed by atoms with Gasteiger partial charge in [0.05, 0.1) is 6.20 Å². The van der Waals surface area contributed by atoms with Crippen molar-refractivity contribution in [2.45, 2.75) is 61.3 Å². The molecule has 0 bridgehead atoms. The molecule has 0 amide bonds. The first kappa shape index (κ1) is 34.4. The summed E-state index contributed by atoms with van der Waals surface area (Å²) >= 11 is 0. The Labute approximate surface area is 304 Å². The van der Waals surface area contributed by atoms with Crippen molar-refractivity contribution in [3.63, 3.8) is 0 Å². The summed E-state index contributed by atoms with van der Waals surface area (Å²) in [6, 6.07) is 31.9. The normalized spacial score (nSPS) is 11.5. The number of fused-ring (bicyclic) bond motifs is 3. The molecule has 7 rings (SSSR count). The number of hydrogen-bond acceptors (Lipinski definition) is 3. The second-order valence-corrected chi connectivity index (χ2v) is 13.8. The Morgan fingerprint density at radius 1 is 0.796 bits per heavy atom. The predicted molar refractivity (Wildman–Crippen MR) is 197 cm³/mol. The molecule has 0 aliphatic carbocycles. The Bertz CT molecular complexity index is 2280.